The maximum atomic E-state index is 10.9. The molecule has 0 spiro atoms. The van der Waals surface area contributed by atoms with E-state index in [9.17, 15) is 25.2 Å². The predicted octanol–water partition coefficient (Wildman–Crippen LogP) is -2.94. The molecule has 0 aromatic carbocycles. The first kappa shape index (κ1) is 21.7. The van der Waals surface area contributed by atoms with Crippen molar-refractivity contribution in [2.75, 3.05) is 11.9 Å². The smallest absolute Gasteiger partial charge is 0.261 e. The highest BCUT2D eigenvalue weighted by Crippen LogP contribution is 2.31. The molecule has 3 aromatic heterocycles. The zero-order valence-corrected chi connectivity index (χ0v) is 15.8. The first-order chi connectivity index (χ1) is 14.3. The highest BCUT2D eigenvalue weighted by molar-refractivity contribution is 5.71. The third-order valence-corrected chi connectivity index (χ3v) is 4.45. The van der Waals surface area contributed by atoms with E-state index in [2.05, 4.69) is 35.5 Å². The van der Waals surface area contributed by atoms with Gasteiger partial charge in [-0.1, -0.05) is 0 Å². The molecule has 0 bridgehead atoms. The molecule has 1 aliphatic heterocycles. The Morgan fingerprint density at radius 2 is 2.07 bits per heavy atom. The lowest BCUT2D eigenvalue weighted by molar-refractivity contribution is -0.163. The fraction of sp³-hybridized carbons (Fsp3) is 0.438. The number of fused-ring (bicyclic) bond motifs is 1. The van der Waals surface area contributed by atoms with Crippen LogP contribution in [0.1, 0.15) is 11.4 Å². The van der Waals surface area contributed by atoms with Gasteiger partial charge in [-0.3, -0.25) is 9.89 Å². The molecule has 0 radical (unpaired) electrons. The van der Waals surface area contributed by atoms with Crippen molar-refractivity contribution in [1.29, 1.82) is 0 Å². The number of aliphatic hydroxyl groups is 4. The van der Waals surface area contributed by atoms with Gasteiger partial charge >= 0.3 is 0 Å². The summed E-state index contributed by atoms with van der Waals surface area (Å²) in [4.78, 5) is 25.3. The van der Waals surface area contributed by atoms with Gasteiger partial charge in [-0.15, -0.1) is 0 Å². The number of hydrogen-bond acceptors (Lipinski definition) is 12. The SMILES string of the molecule is Cc1ncc(CN)c(N[C@@]2(CO)OC(O)[C@H](O)[C@@H]2O)n1.O=c1[nH]cnc2[nH]ncc12. The molecule has 162 valence electrons. The first-order valence-electron chi connectivity index (χ1n) is 8.81. The summed E-state index contributed by atoms with van der Waals surface area (Å²) in [7, 11) is 0. The Hall–Kier alpha value is -3.01. The van der Waals surface area contributed by atoms with Crippen LogP contribution in [0.2, 0.25) is 0 Å². The number of rotatable bonds is 4. The van der Waals surface area contributed by atoms with Crippen LogP contribution >= 0.6 is 0 Å². The molecular weight excluding hydrogens is 400 g/mol. The second kappa shape index (κ2) is 8.78. The minimum atomic E-state index is -1.76. The normalized spacial score (nSPS) is 25.7. The van der Waals surface area contributed by atoms with Crippen LogP contribution in [0.4, 0.5) is 5.82 Å². The molecule has 14 heteroatoms. The van der Waals surface area contributed by atoms with E-state index in [0.717, 1.165) is 0 Å². The molecule has 1 fully saturated rings. The van der Waals surface area contributed by atoms with E-state index in [1.807, 2.05) is 0 Å². The summed E-state index contributed by atoms with van der Waals surface area (Å²) in [5.74, 6) is 0.709. The fourth-order valence-corrected chi connectivity index (χ4v) is 2.79. The van der Waals surface area contributed by atoms with Gasteiger partial charge in [0.2, 0.25) is 0 Å². The summed E-state index contributed by atoms with van der Waals surface area (Å²) < 4.78 is 5.06. The van der Waals surface area contributed by atoms with Crippen LogP contribution in [0, 0.1) is 6.92 Å². The van der Waals surface area contributed by atoms with Crippen molar-refractivity contribution in [3.63, 3.8) is 0 Å². The van der Waals surface area contributed by atoms with Crippen LogP contribution in [0.15, 0.2) is 23.5 Å². The van der Waals surface area contributed by atoms with Crippen LogP contribution in [0.25, 0.3) is 11.0 Å². The van der Waals surface area contributed by atoms with Crippen molar-refractivity contribution in [2.45, 2.75) is 37.7 Å². The largest absolute Gasteiger partial charge is 0.391 e. The highest BCUT2D eigenvalue weighted by atomic mass is 16.7. The number of anilines is 1. The van der Waals surface area contributed by atoms with Crippen LogP contribution < -0.4 is 16.6 Å². The molecule has 4 rings (SSSR count). The molecule has 4 heterocycles. The van der Waals surface area contributed by atoms with E-state index in [1.165, 1.54) is 18.7 Å². The van der Waals surface area contributed by atoms with Gasteiger partial charge in [0.15, 0.2) is 17.7 Å². The number of nitrogens with two attached hydrogens (primary N) is 1. The lowest BCUT2D eigenvalue weighted by atomic mass is 10.1. The fourth-order valence-electron chi connectivity index (χ4n) is 2.79. The molecule has 0 amide bonds. The number of H-pyrrole nitrogens is 2. The lowest BCUT2D eigenvalue weighted by Crippen LogP contribution is -2.53. The average molecular weight is 422 g/mol. The van der Waals surface area contributed by atoms with Crippen LogP contribution in [-0.2, 0) is 11.3 Å². The van der Waals surface area contributed by atoms with E-state index in [0.29, 0.717) is 22.4 Å². The Balaban J connectivity index is 0.000000212. The summed E-state index contributed by atoms with van der Waals surface area (Å²) in [6, 6.07) is 0. The molecule has 0 aliphatic carbocycles. The van der Waals surface area contributed by atoms with Crippen LogP contribution in [0.3, 0.4) is 0 Å². The highest BCUT2D eigenvalue weighted by Gasteiger charge is 2.54. The summed E-state index contributed by atoms with van der Waals surface area (Å²) in [6.45, 7) is 1.10. The number of aromatic amines is 2. The van der Waals surface area contributed by atoms with Gasteiger partial charge in [0.05, 0.1) is 19.1 Å². The van der Waals surface area contributed by atoms with E-state index < -0.39 is 30.8 Å². The number of aryl methyl sites for hydroxylation is 1. The molecule has 1 saturated heterocycles. The van der Waals surface area contributed by atoms with Crippen molar-refractivity contribution >= 4 is 16.9 Å². The van der Waals surface area contributed by atoms with Crippen molar-refractivity contribution in [3.05, 3.63) is 40.5 Å². The van der Waals surface area contributed by atoms with Gasteiger partial charge < -0.3 is 41.2 Å². The topological polar surface area (TPSA) is 228 Å². The van der Waals surface area contributed by atoms with E-state index >= 15 is 0 Å². The number of ether oxygens (including phenoxy) is 1. The number of aromatic nitrogens is 6. The average Bonchev–Trinajstić information content (AvgIpc) is 3.30. The first-order valence-corrected chi connectivity index (χ1v) is 8.81. The van der Waals surface area contributed by atoms with E-state index in [-0.39, 0.29) is 17.9 Å². The number of nitrogens with zero attached hydrogens (tertiary/aromatic N) is 4. The molecule has 1 aliphatic rings. The van der Waals surface area contributed by atoms with E-state index in [4.69, 9.17) is 10.5 Å². The Morgan fingerprint density at radius 3 is 2.67 bits per heavy atom. The quantitative estimate of drug-likeness (QED) is 0.211. The van der Waals surface area contributed by atoms with Crippen molar-refractivity contribution < 1.29 is 25.2 Å². The number of nitrogens with one attached hydrogen (secondary N) is 3. The van der Waals surface area contributed by atoms with Crippen LogP contribution in [0.5, 0.6) is 0 Å². The van der Waals surface area contributed by atoms with Crippen LogP contribution in [-0.4, -0.2) is 81.4 Å². The van der Waals surface area contributed by atoms with Gasteiger partial charge in [0.1, 0.15) is 29.2 Å². The monoisotopic (exact) mass is 422 g/mol. The molecule has 3 aromatic rings. The Morgan fingerprint density at radius 1 is 1.30 bits per heavy atom. The van der Waals surface area contributed by atoms with Gasteiger partial charge in [0.25, 0.3) is 5.56 Å². The van der Waals surface area contributed by atoms with Gasteiger partial charge in [-0.05, 0) is 6.92 Å². The van der Waals surface area contributed by atoms with Gasteiger partial charge in [-0.25, -0.2) is 15.0 Å². The molecule has 30 heavy (non-hydrogen) atoms. The Kier molecular flexibility index (Phi) is 6.35. The number of aliphatic hydroxyl groups excluding tert-OH is 4. The summed E-state index contributed by atoms with van der Waals surface area (Å²) in [5, 5.41) is 47.8. The summed E-state index contributed by atoms with van der Waals surface area (Å²) in [5.41, 5.74) is 4.69. The number of hydrogen-bond donors (Lipinski definition) is 8. The molecule has 9 N–H and O–H groups in total. The van der Waals surface area contributed by atoms with Gasteiger partial charge in [0, 0.05) is 18.3 Å². The Bertz CT molecular complexity index is 1060. The zero-order chi connectivity index (χ0) is 21.9. The minimum absolute atomic E-state index is 0.130. The second-order valence-corrected chi connectivity index (χ2v) is 6.48. The third kappa shape index (κ3) is 4.13. The predicted molar refractivity (Wildman–Crippen MR) is 102 cm³/mol. The standard InChI is InChI=1S/C11H18N4O5.C5H4N4O/c1-5-13-3-6(2-12)9(14-5)15-11(4-16)8(18)7(17)10(19)20-11;10-5-3-1-8-9-4(3)6-2-7-5/h3,7-8,10,16-19H,2,4,12H2,1H3,(H,13,14,15);1-2H,(H2,6,7,8,9,10)/t7-,8+,10?,11+;/m1./s1. The maximum Gasteiger partial charge on any atom is 0.261 e. The van der Waals surface area contributed by atoms with Crippen molar-refractivity contribution in [1.82, 2.24) is 30.1 Å². The molecule has 1 unspecified atom stereocenters. The molecule has 14 nitrogen and oxygen atoms in total. The van der Waals surface area contributed by atoms with Gasteiger partial charge in [-0.2, -0.15) is 5.10 Å². The summed E-state index contributed by atoms with van der Waals surface area (Å²) >= 11 is 0. The summed E-state index contributed by atoms with van der Waals surface area (Å²) in [6.07, 6.45) is -0.412. The minimum Gasteiger partial charge on any atom is -0.391 e. The zero-order valence-electron chi connectivity index (χ0n) is 15.8. The molecule has 4 atom stereocenters. The lowest BCUT2D eigenvalue weighted by Gasteiger charge is -2.31. The van der Waals surface area contributed by atoms with Crippen molar-refractivity contribution in [3.8, 4) is 0 Å². The second-order valence-electron chi connectivity index (χ2n) is 6.48. The Labute approximate surface area is 168 Å². The van der Waals surface area contributed by atoms with E-state index in [1.54, 1.807) is 6.92 Å². The molecular formula is C16H22N8O6. The third-order valence-electron chi connectivity index (χ3n) is 4.45. The van der Waals surface area contributed by atoms with Crippen molar-refractivity contribution in [2.24, 2.45) is 5.73 Å². The maximum absolute atomic E-state index is 10.9. The molecule has 0 saturated carbocycles.